The summed E-state index contributed by atoms with van der Waals surface area (Å²) in [6.45, 7) is 5.26. The minimum absolute atomic E-state index is 0.0395. The Balaban J connectivity index is 3.14. The molecule has 2 heteroatoms. The van der Waals surface area contributed by atoms with Crippen LogP contribution < -0.4 is 0 Å². The van der Waals surface area contributed by atoms with Crippen LogP contribution in [0.1, 0.15) is 515 Å². The summed E-state index contributed by atoms with van der Waals surface area (Å²) in [5.41, 5.74) is 0. The van der Waals surface area contributed by atoms with E-state index in [1.165, 1.54) is 482 Å². The fourth-order valence-electron chi connectivity index (χ4n) is 13.7. The van der Waals surface area contributed by atoms with E-state index in [9.17, 15) is 4.79 Å². The summed E-state index contributed by atoms with van der Waals surface area (Å²) in [5, 5.41) is 0. The Kier molecular flexibility index (Phi) is 80.0. The molecule has 0 aromatic rings. The molecule has 504 valence electrons. The fraction of sp³-hybridized carbons (Fsp3) is 0.988. The summed E-state index contributed by atoms with van der Waals surface area (Å²) in [4.78, 5) is 12.2. The van der Waals surface area contributed by atoms with Gasteiger partial charge in [0.1, 0.15) is 0 Å². The summed E-state index contributed by atoms with van der Waals surface area (Å²) >= 11 is 0. The molecule has 0 aromatic carbocycles. The van der Waals surface area contributed by atoms with Gasteiger partial charge < -0.3 is 4.74 Å². The molecule has 0 saturated heterocycles. The van der Waals surface area contributed by atoms with E-state index >= 15 is 0 Å². The zero-order valence-corrected chi connectivity index (χ0v) is 59.2. The Morgan fingerprint density at radius 1 is 0.155 bits per heavy atom. The number of carbonyl (C=O) groups is 1. The molecule has 0 aliphatic carbocycles. The summed E-state index contributed by atoms with van der Waals surface area (Å²) in [6.07, 6.45) is 112. The van der Waals surface area contributed by atoms with Gasteiger partial charge in [0.2, 0.25) is 0 Å². The Labute approximate surface area is 534 Å². The van der Waals surface area contributed by atoms with Crippen molar-refractivity contribution in [2.24, 2.45) is 0 Å². The lowest BCUT2D eigenvalue weighted by Gasteiger charge is -2.06. The average molecular weight is 1180 g/mol. The van der Waals surface area contributed by atoms with Gasteiger partial charge in [-0.2, -0.15) is 0 Å². The van der Waals surface area contributed by atoms with Crippen LogP contribution in [0.2, 0.25) is 0 Å². The second-order valence-electron chi connectivity index (χ2n) is 28.5. The molecule has 0 unspecified atom stereocenters. The highest BCUT2D eigenvalue weighted by Gasteiger charge is 2.05. The summed E-state index contributed by atoms with van der Waals surface area (Å²) < 4.78 is 5.55. The van der Waals surface area contributed by atoms with E-state index < -0.39 is 0 Å². The molecule has 0 fully saturated rings. The number of ether oxygens (including phenoxy) is 1. The van der Waals surface area contributed by atoms with Crippen LogP contribution in [0.25, 0.3) is 0 Å². The molecule has 0 atom stereocenters. The number of carbonyl (C=O) groups excluding carboxylic acids is 1. The predicted octanol–water partition coefficient (Wildman–Crippen LogP) is 31.0. The van der Waals surface area contributed by atoms with Crippen molar-refractivity contribution in [2.45, 2.75) is 515 Å². The van der Waals surface area contributed by atoms with E-state index in [4.69, 9.17) is 4.74 Å². The number of unbranched alkanes of at least 4 members (excludes halogenated alkanes) is 75. The molecular formula is C82H164O2. The zero-order valence-electron chi connectivity index (χ0n) is 59.2. The van der Waals surface area contributed by atoms with Crippen molar-refractivity contribution in [2.75, 3.05) is 6.61 Å². The van der Waals surface area contributed by atoms with Gasteiger partial charge in [-0.05, 0) is 12.8 Å². The van der Waals surface area contributed by atoms with Crippen molar-refractivity contribution in [3.8, 4) is 0 Å². The van der Waals surface area contributed by atoms with Gasteiger partial charge in [0.15, 0.2) is 0 Å². The zero-order chi connectivity index (χ0) is 60.1. The largest absolute Gasteiger partial charge is 0.466 e. The molecule has 0 bridgehead atoms. The number of hydrogen-bond acceptors (Lipinski definition) is 2. The predicted molar refractivity (Wildman–Crippen MR) is 382 cm³/mol. The standard InChI is InChI=1S/C82H164O2/c1-3-5-7-9-11-13-15-17-19-21-23-25-27-29-31-33-35-36-37-38-39-40-41-42-43-44-45-46-47-48-49-50-51-52-54-56-58-60-62-64-66-68-70-72-74-76-78-80-82(83)84-81-79-77-75-73-71-69-67-65-63-61-59-57-55-53-34-32-30-28-26-24-22-20-18-16-14-12-10-8-6-4-2/h3-81H2,1-2H3. The van der Waals surface area contributed by atoms with Gasteiger partial charge in [-0.3, -0.25) is 4.79 Å². The van der Waals surface area contributed by atoms with Crippen LogP contribution in [-0.2, 0) is 9.53 Å². The van der Waals surface area contributed by atoms with Crippen molar-refractivity contribution in [1.29, 1.82) is 0 Å². The molecule has 0 aromatic heterocycles. The van der Waals surface area contributed by atoms with Crippen molar-refractivity contribution in [3.05, 3.63) is 0 Å². The van der Waals surface area contributed by atoms with E-state index in [1.54, 1.807) is 0 Å². The van der Waals surface area contributed by atoms with Crippen LogP contribution in [0.3, 0.4) is 0 Å². The summed E-state index contributed by atoms with van der Waals surface area (Å²) in [6, 6.07) is 0. The molecule has 0 heterocycles. The quantitative estimate of drug-likeness (QED) is 0.0448. The SMILES string of the molecule is CCCCCCCCCCCCCCCCCCCCCCCCCCCCCCCCCCCCCCCCCCCCCCCCCC(=O)OCCCCCCCCCCCCCCCCCCCCCCCCCCCCCCCC. The van der Waals surface area contributed by atoms with Gasteiger partial charge in [-0.25, -0.2) is 0 Å². The second kappa shape index (κ2) is 80.5. The number of rotatable bonds is 79. The van der Waals surface area contributed by atoms with Crippen LogP contribution in [0.4, 0.5) is 0 Å². The molecule has 0 amide bonds. The molecule has 0 aliphatic heterocycles. The Bertz CT molecular complexity index is 1110. The first-order chi connectivity index (χ1) is 41.8. The molecular weight excluding hydrogens is 1020 g/mol. The van der Waals surface area contributed by atoms with E-state index in [-0.39, 0.29) is 5.97 Å². The molecule has 0 N–H and O–H groups in total. The van der Waals surface area contributed by atoms with E-state index in [0.29, 0.717) is 13.0 Å². The molecule has 0 radical (unpaired) electrons. The van der Waals surface area contributed by atoms with Crippen LogP contribution in [0.5, 0.6) is 0 Å². The van der Waals surface area contributed by atoms with Crippen molar-refractivity contribution in [1.82, 2.24) is 0 Å². The van der Waals surface area contributed by atoms with Crippen molar-refractivity contribution < 1.29 is 9.53 Å². The van der Waals surface area contributed by atoms with Gasteiger partial charge >= 0.3 is 5.97 Å². The molecule has 0 spiro atoms. The Morgan fingerprint density at radius 3 is 0.393 bits per heavy atom. The maximum atomic E-state index is 12.2. The van der Waals surface area contributed by atoms with Gasteiger partial charge in [0.25, 0.3) is 0 Å². The maximum Gasteiger partial charge on any atom is 0.305 e. The lowest BCUT2D eigenvalue weighted by atomic mass is 10.0. The van der Waals surface area contributed by atoms with Crippen molar-refractivity contribution in [3.63, 3.8) is 0 Å². The van der Waals surface area contributed by atoms with E-state index in [0.717, 1.165) is 12.8 Å². The third-order valence-electron chi connectivity index (χ3n) is 19.7. The van der Waals surface area contributed by atoms with Gasteiger partial charge in [0, 0.05) is 6.42 Å². The van der Waals surface area contributed by atoms with Crippen molar-refractivity contribution >= 4 is 5.97 Å². The lowest BCUT2D eigenvalue weighted by Crippen LogP contribution is -2.05. The van der Waals surface area contributed by atoms with Crippen LogP contribution in [0.15, 0.2) is 0 Å². The van der Waals surface area contributed by atoms with Gasteiger partial charge in [-0.1, -0.05) is 495 Å². The smallest absolute Gasteiger partial charge is 0.305 e. The van der Waals surface area contributed by atoms with Gasteiger partial charge in [0.05, 0.1) is 6.61 Å². The first-order valence-corrected chi connectivity index (χ1v) is 41.0. The highest BCUT2D eigenvalue weighted by atomic mass is 16.5. The van der Waals surface area contributed by atoms with Gasteiger partial charge in [-0.15, -0.1) is 0 Å². The number of esters is 1. The molecule has 84 heavy (non-hydrogen) atoms. The molecule has 2 nitrogen and oxygen atoms in total. The Hall–Kier alpha value is -0.530. The van der Waals surface area contributed by atoms with Crippen LogP contribution in [-0.4, -0.2) is 12.6 Å². The second-order valence-corrected chi connectivity index (χ2v) is 28.5. The van der Waals surface area contributed by atoms with E-state index in [2.05, 4.69) is 13.8 Å². The topological polar surface area (TPSA) is 26.3 Å². The fourth-order valence-corrected chi connectivity index (χ4v) is 13.7. The monoisotopic (exact) mass is 1180 g/mol. The number of hydrogen-bond donors (Lipinski definition) is 0. The van der Waals surface area contributed by atoms with Crippen LogP contribution >= 0.6 is 0 Å². The normalized spacial score (nSPS) is 11.7. The molecule has 0 aliphatic rings. The summed E-state index contributed by atoms with van der Waals surface area (Å²) in [7, 11) is 0. The maximum absolute atomic E-state index is 12.2. The minimum Gasteiger partial charge on any atom is -0.466 e. The molecule has 0 rings (SSSR count). The third-order valence-corrected chi connectivity index (χ3v) is 19.7. The third kappa shape index (κ3) is 79.5. The van der Waals surface area contributed by atoms with E-state index in [1.807, 2.05) is 0 Å². The Morgan fingerprint density at radius 2 is 0.262 bits per heavy atom. The molecule has 0 saturated carbocycles. The average Bonchev–Trinajstić information content (AvgIpc) is 3.50. The highest BCUT2D eigenvalue weighted by molar-refractivity contribution is 5.69. The lowest BCUT2D eigenvalue weighted by molar-refractivity contribution is -0.143. The van der Waals surface area contributed by atoms with Crippen LogP contribution in [0, 0.1) is 0 Å². The summed E-state index contributed by atoms with van der Waals surface area (Å²) in [5.74, 6) is 0.0395. The first-order valence-electron chi connectivity index (χ1n) is 41.0. The minimum atomic E-state index is 0.0395. The first kappa shape index (κ1) is 83.5. The highest BCUT2D eigenvalue weighted by Crippen LogP contribution is 2.21.